The summed E-state index contributed by atoms with van der Waals surface area (Å²) in [5.74, 6) is -0.644. The van der Waals surface area contributed by atoms with Gasteiger partial charge in [0, 0.05) is 24.4 Å². The van der Waals surface area contributed by atoms with Crippen LogP contribution in [-0.4, -0.2) is 33.6 Å². The summed E-state index contributed by atoms with van der Waals surface area (Å²) in [5, 5.41) is 5.89. The molecule has 4 rings (SSSR count). The van der Waals surface area contributed by atoms with Crippen molar-refractivity contribution >= 4 is 27.1 Å². The van der Waals surface area contributed by atoms with E-state index in [9.17, 15) is 13.2 Å². The lowest BCUT2D eigenvalue weighted by Crippen LogP contribution is -2.27. The first-order valence-corrected chi connectivity index (χ1v) is 10.8. The Morgan fingerprint density at radius 1 is 1.14 bits per heavy atom. The highest BCUT2D eigenvalue weighted by Crippen LogP contribution is 2.38. The zero-order chi connectivity index (χ0) is 19.7. The van der Waals surface area contributed by atoms with Gasteiger partial charge in [0.1, 0.15) is 0 Å². The van der Waals surface area contributed by atoms with E-state index in [1.54, 1.807) is 30.3 Å². The Morgan fingerprint density at radius 2 is 1.89 bits per heavy atom. The largest absolute Gasteiger partial charge is 0.381 e. The first-order valence-electron chi connectivity index (χ1n) is 9.29. The summed E-state index contributed by atoms with van der Waals surface area (Å²) in [6.07, 6.45) is 1.92. The van der Waals surface area contributed by atoms with Crippen LogP contribution in [0, 0.1) is 6.92 Å². The maximum absolute atomic E-state index is 13.1. The van der Waals surface area contributed by atoms with Gasteiger partial charge in [0.15, 0.2) is 4.91 Å². The lowest BCUT2D eigenvalue weighted by molar-refractivity contribution is -0.112. The molecule has 1 atom stereocenters. The molecule has 2 aromatic rings. The van der Waals surface area contributed by atoms with E-state index in [0.29, 0.717) is 30.1 Å². The highest BCUT2D eigenvalue weighted by Gasteiger charge is 2.40. The normalized spacial score (nSPS) is 20.1. The molecular formula is C21H22N2O4S. The number of nitrogens with one attached hydrogen (secondary N) is 2. The molecule has 0 aliphatic carbocycles. The summed E-state index contributed by atoms with van der Waals surface area (Å²) >= 11 is 0. The van der Waals surface area contributed by atoms with Crippen LogP contribution in [0.4, 0.5) is 5.69 Å². The number of benzene rings is 2. The SMILES string of the molecule is Cc1ccc(NC(=O)C2=C(NC[C@@H]3CCCO3)c3ccccc3S2(=O)=O)cc1. The molecule has 2 N–H and O–H groups in total. The minimum atomic E-state index is -3.90. The molecule has 28 heavy (non-hydrogen) atoms. The first-order chi connectivity index (χ1) is 13.5. The lowest BCUT2D eigenvalue weighted by atomic mass is 10.1. The van der Waals surface area contributed by atoms with Crippen molar-refractivity contribution in [2.75, 3.05) is 18.5 Å². The zero-order valence-electron chi connectivity index (χ0n) is 15.6. The average Bonchev–Trinajstić information content (AvgIpc) is 3.27. The Morgan fingerprint density at radius 3 is 2.61 bits per heavy atom. The molecule has 2 aliphatic heterocycles. The second-order valence-electron chi connectivity index (χ2n) is 7.04. The molecule has 7 heteroatoms. The van der Waals surface area contributed by atoms with Crippen LogP contribution >= 0.6 is 0 Å². The van der Waals surface area contributed by atoms with E-state index in [-0.39, 0.29) is 15.9 Å². The van der Waals surface area contributed by atoms with E-state index < -0.39 is 15.7 Å². The van der Waals surface area contributed by atoms with Crippen molar-refractivity contribution in [2.24, 2.45) is 0 Å². The van der Waals surface area contributed by atoms with Gasteiger partial charge in [-0.25, -0.2) is 8.42 Å². The topological polar surface area (TPSA) is 84.5 Å². The molecule has 0 unspecified atom stereocenters. The summed E-state index contributed by atoms with van der Waals surface area (Å²) < 4.78 is 31.8. The predicted octanol–water partition coefficient (Wildman–Crippen LogP) is 2.86. The van der Waals surface area contributed by atoms with Crippen LogP contribution < -0.4 is 10.6 Å². The number of hydrogen-bond acceptors (Lipinski definition) is 5. The highest BCUT2D eigenvalue weighted by molar-refractivity contribution is 7.97. The van der Waals surface area contributed by atoms with Crippen LogP contribution in [0.15, 0.2) is 58.3 Å². The third-order valence-corrected chi connectivity index (χ3v) is 6.85. The van der Waals surface area contributed by atoms with Gasteiger partial charge in [0.25, 0.3) is 5.91 Å². The van der Waals surface area contributed by atoms with Crippen molar-refractivity contribution in [3.05, 3.63) is 64.6 Å². The van der Waals surface area contributed by atoms with Crippen LogP contribution in [0.5, 0.6) is 0 Å². The van der Waals surface area contributed by atoms with Crippen LogP contribution in [-0.2, 0) is 19.4 Å². The molecule has 0 spiro atoms. The van der Waals surface area contributed by atoms with E-state index in [1.807, 2.05) is 19.1 Å². The first kappa shape index (κ1) is 18.7. The Hall–Kier alpha value is -2.64. The number of sulfone groups is 1. The van der Waals surface area contributed by atoms with E-state index in [1.165, 1.54) is 6.07 Å². The molecule has 0 radical (unpaired) electrons. The van der Waals surface area contributed by atoms with E-state index in [0.717, 1.165) is 18.4 Å². The Bertz CT molecular complexity index is 1040. The van der Waals surface area contributed by atoms with Gasteiger partial charge in [0.2, 0.25) is 9.84 Å². The molecule has 2 aliphatic rings. The quantitative estimate of drug-likeness (QED) is 0.809. The van der Waals surface area contributed by atoms with E-state index >= 15 is 0 Å². The summed E-state index contributed by atoms with van der Waals surface area (Å²) in [4.78, 5) is 12.9. The monoisotopic (exact) mass is 398 g/mol. The van der Waals surface area contributed by atoms with E-state index in [4.69, 9.17) is 4.74 Å². The smallest absolute Gasteiger partial charge is 0.269 e. The molecule has 1 amide bonds. The minimum Gasteiger partial charge on any atom is -0.381 e. The van der Waals surface area contributed by atoms with Crippen molar-refractivity contribution in [1.29, 1.82) is 0 Å². The Labute approximate surface area is 164 Å². The number of fused-ring (bicyclic) bond motifs is 1. The minimum absolute atomic E-state index is 0.0179. The van der Waals surface area contributed by atoms with Gasteiger partial charge in [0.05, 0.1) is 16.7 Å². The third kappa shape index (κ3) is 3.43. The zero-order valence-corrected chi connectivity index (χ0v) is 16.4. The summed E-state index contributed by atoms with van der Waals surface area (Å²) in [6.45, 7) is 3.11. The van der Waals surface area contributed by atoms with Crippen molar-refractivity contribution in [3.63, 3.8) is 0 Å². The van der Waals surface area contributed by atoms with Gasteiger partial charge in [-0.3, -0.25) is 4.79 Å². The van der Waals surface area contributed by atoms with Gasteiger partial charge >= 0.3 is 0 Å². The number of carbonyl (C=O) groups is 1. The van der Waals surface area contributed by atoms with Gasteiger partial charge in [-0.05, 0) is 38.0 Å². The number of carbonyl (C=O) groups excluding carboxylic acids is 1. The van der Waals surface area contributed by atoms with Crippen molar-refractivity contribution < 1.29 is 17.9 Å². The van der Waals surface area contributed by atoms with E-state index in [2.05, 4.69) is 10.6 Å². The summed E-state index contributed by atoms with van der Waals surface area (Å²) in [6, 6.07) is 13.9. The fraction of sp³-hybridized carbons (Fsp3) is 0.286. The predicted molar refractivity (Wildman–Crippen MR) is 107 cm³/mol. The number of hydrogen-bond donors (Lipinski definition) is 2. The van der Waals surface area contributed by atoms with Gasteiger partial charge < -0.3 is 15.4 Å². The number of aryl methyl sites for hydroxylation is 1. The molecule has 0 bridgehead atoms. The maximum Gasteiger partial charge on any atom is 0.269 e. The van der Waals surface area contributed by atoms with Crippen molar-refractivity contribution in [1.82, 2.24) is 5.32 Å². The molecule has 2 heterocycles. The summed E-state index contributed by atoms with van der Waals surface area (Å²) in [5.41, 5.74) is 2.47. The molecule has 2 aromatic carbocycles. The highest BCUT2D eigenvalue weighted by atomic mass is 32.2. The number of amides is 1. The third-order valence-electron chi connectivity index (χ3n) is 4.99. The maximum atomic E-state index is 13.1. The molecule has 6 nitrogen and oxygen atoms in total. The van der Waals surface area contributed by atoms with Crippen LogP contribution in [0.1, 0.15) is 24.0 Å². The Kier molecular flexibility index (Phi) is 4.95. The summed E-state index contributed by atoms with van der Waals surface area (Å²) in [7, 11) is -3.90. The molecule has 0 aromatic heterocycles. The van der Waals surface area contributed by atoms with Crippen LogP contribution in [0.3, 0.4) is 0 Å². The molecule has 1 saturated heterocycles. The molecule has 1 fully saturated rings. The second-order valence-corrected chi connectivity index (χ2v) is 8.89. The number of rotatable bonds is 5. The molecular weight excluding hydrogens is 376 g/mol. The van der Waals surface area contributed by atoms with Crippen molar-refractivity contribution in [2.45, 2.75) is 30.8 Å². The fourth-order valence-electron chi connectivity index (χ4n) is 3.53. The van der Waals surface area contributed by atoms with Crippen LogP contribution in [0.2, 0.25) is 0 Å². The standard InChI is InChI=1S/C21H22N2O4S/c1-14-8-10-15(11-9-14)23-21(24)20-19(22-13-16-5-4-12-27-16)17-6-2-3-7-18(17)28(20,25)26/h2-3,6-11,16,22H,4-5,12-13H2,1H3,(H,23,24)/t16-/m0/s1. The molecule has 0 saturated carbocycles. The van der Waals surface area contributed by atoms with Gasteiger partial charge in [-0.1, -0.05) is 35.9 Å². The van der Waals surface area contributed by atoms with Gasteiger partial charge in [-0.15, -0.1) is 0 Å². The molecule has 146 valence electrons. The lowest BCUT2D eigenvalue weighted by Gasteiger charge is -2.14. The van der Waals surface area contributed by atoms with Gasteiger partial charge in [-0.2, -0.15) is 0 Å². The number of ether oxygens (including phenoxy) is 1. The second kappa shape index (κ2) is 7.41. The van der Waals surface area contributed by atoms with Crippen LogP contribution in [0.25, 0.3) is 5.70 Å². The van der Waals surface area contributed by atoms with Crippen molar-refractivity contribution in [3.8, 4) is 0 Å². The Balaban J connectivity index is 1.69. The fourth-order valence-corrected chi connectivity index (χ4v) is 5.21. The number of anilines is 1. The average molecular weight is 398 g/mol.